The van der Waals surface area contributed by atoms with Crippen molar-refractivity contribution in [1.82, 2.24) is 5.43 Å². The summed E-state index contributed by atoms with van der Waals surface area (Å²) in [6.45, 7) is 2.28. The lowest BCUT2D eigenvalue weighted by atomic mass is 9.72. The second-order valence-corrected chi connectivity index (χ2v) is 5.69. The molecule has 0 saturated heterocycles. The summed E-state index contributed by atoms with van der Waals surface area (Å²) in [5, 5.41) is 0.820. The van der Waals surface area contributed by atoms with Gasteiger partial charge in [0.25, 0.3) is 0 Å². The summed E-state index contributed by atoms with van der Waals surface area (Å²) in [7, 11) is 0. The standard InChI is InChI=1S/C15H23ClN2/c1-2-11-7-3-4-8-12(11)15(18-17)13-9-5-6-10-14(13)16/h5-6,9-12,15,18H,2-4,7-8,17H2,1H3. The van der Waals surface area contributed by atoms with Gasteiger partial charge >= 0.3 is 0 Å². The van der Waals surface area contributed by atoms with Crippen molar-refractivity contribution in [2.75, 3.05) is 0 Å². The molecule has 0 spiro atoms. The smallest absolute Gasteiger partial charge is 0.0505 e. The molecule has 0 heterocycles. The molecule has 0 bridgehead atoms. The highest BCUT2D eigenvalue weighted by Crippen LogP contribution is 2.41. The first-order chi connectivity index (χ1) is 8.77. The summed E-state index contributed by atoms with van der Waals surface area (Å²) in [5.41, 5.74) is 4.15. The number of hydrazine groups is 1. The Kier molecular flexibility index (Phi) is 5.04. The Hall–Kier alpha value is -0.570. The maximum atomic E-state index is 6.31. The summed E-state index contributed by atoms with van der Waals surface area (Å²) >= 11 is 6.31. The van der Waals surface area contributed by atoms with Gasteiger partial charge in [-0.3, -0.25) is 11.3 Å². The van der Waals surface area contributed by atoms with Crippen molar-refractivity contribution in [3.63, 3.8) is 0 Å². The van der Waals surface area contributed by atoms with Crippen molar-refractivity contribution in [3.05, 3.63) is 34.9 Å². The van der Waals surface area contributed by atoms with Crippen LogP contribution in [0, 0.1) is 11.8 Å². The van der Waals surface area contributed by atoms with E-state index in [9.17, 15) is 0 Å². The Morgan fingerprint density at radius 1 is 1.33 bits per heavy atom. The van der Waals surface area contributed by atoms with E-state index >= 15 is 0 Å². The minimum absolute atomic E-state index is 0.184. The number of nitrogens with two attached hydrogens (primary N) is 1. The topological polar surface area (TPSA) is 38.0 Å². The third kappa shape index (κ3) is 2.87. The predicted octanol–water partition coefficient (Wildman–Crippen LogP) is 4.06. The number of nitrogens with one attached hydrogen (secondary N) is 1. The van der Waals surface area contributed by atoms with Gasteiger partial charge in [0.1, 0.15) is 0 Å². The zero-order valence-corrected chi connectivity index (χ0v) is 11.8. The number of rotatable bonds is 4. The molecule has 3 N–H and O–H groups in total. The highest BCUT2D eigenvalue weighted by Gasteiger charge is 2.31. The van der Waals surface area contributed by atoms with Crippen molar-refractivity contribution in [3.8, 4) is 0 Å². The molecule has 100 valence electrons. The van der Waals surface area contributed by atoms with Gasteiger partial charge in [0.05, 0.1) is 6.04 Å². The third-order valence-electron chi connectivity index (χ3n) is 4.34. The predicted molar refractivity (Wildman–Crippen MR) is 77.3 cm³/mol. The van der Waals surface area contributed by atoms with E-state index in [2.05, 4.69) is 18.4 Å². The Bertz CT molecular complexity index is 381. The SMILES string of the molecule is CCC1CCCCC1C(NN)c1ccccc1Cl. The average Bonchev–Trinajstić information content (AvgIpc) is 2.42. The highest BCUT2D eigenvalue weighted by molar-refractivity contribution is 6.31. The van der Waals surface area contributed by atoms with Crippen LogP contribution in [0.2, 0.25) is 5.02 Å². The molecule has 0 aromatic heterocycles. The Labute approximate surface area is 115 Å². The summed E-state index contributed by atoms with van der Waals surface area (Å²) < 4.78 is 0. The van der Waals surface area contributed by atoms with Gasteiger partial charge in [0.15, 0.2) is 0 Å². The van der Waals surface area contributed by atoms with Crippen LogP contribution in [0.3, 0.4) is 0 Å². The van der Waals surface area contributed by atoms with Crippen LogP contribution in [0.5, 0.6) is 0 Å². The number of benzene rings is 1. The van der Waals surface area contributed by atoms with E-state index in [-0.39, 0.29) is 6.04 Å². The molecule has 18 heavy (non-hydrogen) atoms. The van der Waals surface area contributed by atoms with Crippen LogP contribution in [0.1, 0.15) is 50.6 Å². The lowest BCUT2D eigenvalue weighted by Gasteiger charge is -2.37. The molecule has 0 amide bonds. The van der Waals surface area contributed by atoms with Crippen LogP contribution in [-0.4, -0.2) is 0 Å². The van der Waals surface area contributed by atoms with Crippen LogP contribution >= 0.6 is 11.6 Å². The van der Waals surface area contributed by atoms with Crippen molar-refractivity contribution in [2.45, 2.75) is 45.1 Å². The highest BCUT2D eigenvalue weighted by atomic mass is 35.5. The molecule has 3 atom stereocenters. The van der Waals surface area contributed by atoms with E-state index in [1.807, 2.05) is 18.2 Å². The summed E-state index contributed by atoms with van der Waals surface area (Å²) in [5.74, 6) is 7.18. The van der Waals surface area contributed by atoms with Crippen molar-refractivity contribution in [1.29, 1.82) is 0 Å². The van der Waals surface area contributed by atoms with Gasteiger partial charge in [0, 0.05) is 5.02 Å². The van der Waals surface area contributed by atoms with Gasteiger partial charge in [-0.15, -0.1) is 0 Å². The van der Waals surface area contributed by atoms with Crippen molar-refractivity contribution in [2.24, 2.45) is 17.7 Å². The monoisotopic (exact) mass is 266 g/mol. The van der Waals surface area contributed by atoms with Crippen LogP contribution in [0.4, 0.5) is 0 Å². The van der Waals surface area contributed by atoms with Crippen molar-refractivity contribution < 1.29 is 0 Å². The molecule has 3 heteroatoms. The molecular formula is C15H23ClN2. The fourth-order valence-electron chi connectivity index (χ4n) is 3.35. The average molecular weight is 267 g/mol. The second kappa shape index (κ2) is 6.55. The minimum atomic E-state index is 0.184. The molecule has 2 nitrogen and oxygen atoms in total. The zero-order chi connectivity index (χ0) is 13.0. The normalized spacial score (nSPS) is 25.9. The van der Waals surface area contributed by atoms with Gasteiger partial charge < -0.3 is 0 Å². The summed E-state index contributed by atoms with van der Waals surface area (Å²) in [4.78, 5) is 0. The van der Waals surface area contributed by atoms with E-state index in [1.54, 1.807) is 0 Å². The number of hydrogen-bond donors (Lipinski definition) is 2. The molecule has 2 rings (SSSR count). The van der Waals surface area contributed by atoms with Gasteiger partial charge in [-0.25, -0.2) is 0 Å². The second-order valence-electron chi connectivity index (χ2n) is 5.28. The van der Waals surface area contributed by atoms with Crippen LogP contribution < -0.4 is 11.3 Å². The van der Waals surface area contributed by atoms with Crippen LogP contribution in [0.25, 0.3) is 0 Å². The van der Waals surface area contributed by atoms with E-state index in [4.69, 9.17) is 17.4 Å². The lowest BCUT2D eigenvalue weighted by molar-refractivity contribution is 0.176. The molecule has 1 aliphatic carbocycles. The molecular weight excluding hydrogens is 244 g/mol. The first kappa shape index (κ1) is 13.9. The van der Waals surface area contributed by atoms with Gasteiger partial charge in [0.2, 0.25) is 0 Å². The number of halogens is 1. The molecule has 1 aromatic carbocycles. The molecule has 0 aliphatic heterocycles. The van der Waals surface area contributed by atoms with Crippen LogP contribution in [-0.2, 0) is 0 Å². The van der Waals surface area contributed by atoms with Gasteiger partial charge in [-0.2, -0.15) is 0 Å². The largest absolute Gasteiger partial charge is 0.271 e. The van der Waals surface area contributed by atoms with E-state index in [0.29, 0.717) is 5.92 Å². The Morgan fingerprint density at radius 3 is 2.72 bits per heavy atom. The summed E-state index contributed by atoms with van der Waals surface area (Å²) in [6, 6.07) is 8.23. The maximum absolute atomic E-state index is 6.31. The fraction of sp³-hybridized carbons (Fsp3) is 0.600. The molecule has 1 saturated carbocycles. The first-order valence-electron chi connectivity index (χ1n) is 6.98. The van der Waals surface area contributed by atoms with E-state index < -0.39 is 0 Å². The first-order valence-corrected chi connectivity index (χ1v) is 7.36. The Morgan fingerprint density at radius 2 is 2.06 bits per heavy atom. The lowest BCUT2D eigenvalue weighted by Crippen LogP contribution is -2.38. The molecule has 1 aliphatic rings. The summed E-state index contributed by atoms with van der Waals surface area (Å²) in [6.07, 6.45) is 6.47. The van der Waals surface area contributed by atoms with E-state index in [0.717, 1.165) is 16.5 Å². The third-order valence-corrected chi connectivity index (χ3v) is 4.68. The molecule has 1 aromatic rings. The van der Waals surface area contributed by atoms with Gasteiger partial charge in [-0.05, 0) is 29.9 Å². The quantitative estimate of drug-likeness (QED) is 0.637. The minimum Gasteiger partial charge on any atom is -0.271 e. The Balaban J connectivity index is 2.24. The fourth-order valence-corrected chi connectivity index (χ4v) is 3.61. The molecule has 3 unspecified atom stereocenters. The zero-order valence-electron chi connectivity index (χ0n) is 11.0. The van der Waals surface area contributed by atoms with Crippen molar-refractivity contribution >= 4 is 11.6 Å². The molecule has 1 fully saturated rings. The number of hydrogen-bond acceptors (Lipinski definition) is 2. The van der Waals surface area contributed by atoms with Gasteiger partial charge in [-0.1, -0.05) is 62.4 Å². The van der Waals surface area contributed by atoms with Crippen LogP contribution in [0.15, 0.2) is 24.3 Å². The maximum Gasteiger partial charge on any atom is 0.0505 e. The molecule has 0 radical (unpaired) electrons. The van der Waals surface area contributed by atoms with E-state index in [1.165, 1.54) is 32.1 Å².